The van der Waals surface area contributed by atoms with Crippen molar-refractivity contribution in [1.82, 2.24) is 4.98 Å². The first kappa shape index (κ1) is 36.0. The van der Waals surface area contributed by atoms with Gasteiger partial charge in [-0.05, 0) is 149 Å². The van der Waals surface area contributed by atoms with E-state index in [0.29, 0.717) is 0 Å². The highest BCUT2D eigenvalue weighted by molar-refractivity contribution is 7.00. The molecule has 3 aliphatic heterocycles. The van der Waals surface area contributed by atoms with Gasteiger partial charge >= 0.3 is 0 Å². The molecule has 6 aromatic carbocycles. The van der Waals surface area contributed by atoms with E-state index in [9.17, 15) is 0 Å². The standard InChI is InChI=1S/C54H51BN4/c1-36-31-49-51-50(32-36)58(41-23-21-39(22-24-41)52(2,3)4)48-34-42(25-26-45(48)55(51)44-18-10-11-19-47(44)57(49)40-16-8-7-9-17-40)59-46-27-20-37(38-15-14-30-56-35-38)33-43(46)53(5)28-12-13-29-54(53,59)6/h7-11,14-27,30-35H,12-13,28-29H2,1-6H3. The van der Waals surface area contributed by atoms with Crippen molar-refractivity contribution in [3.8, 4) is 11.1 Å². The molecular weight excluding hydrogens is 715 g/mol. The fourth-order valence-electron chi connectivity index (χ4n) is 11.3. The molecule has 2 unspecified atom stereocenters. The molecule has 1 aliphatic carbocycles. The van der Waals surface area contributed by atoms with Crippen molar-refractivity contribution in [2.45, 2.75) is 83.6 Å². The van der Waals surface area contributed by atoms with Gasteiger partial charge in [-0.25, -0.2) is 0 Å². The summed E-state index contributed by atoms with van der Waals surface area (Å²) in [5.74, 6) is 0. The number of anilines is 8. The lowest BCUT2D eigenvalue weighted by atomic mass is 9.33. The van der Waals surface area contributed by atoms with Gasteiger partial charge < -0.3 is 14.7 Å². The summed E-state index contributed by atoms with van der Waals surface area (Å²) in [5.41, 5.74) is 20.4. The molecule has 0 bridgehead atoms. The molecule has 290 valence electrons. The highest BCUT2D eigenvalue weighted by Crippen LogP contribution is 2.61. The monoisotopic (exact) mass is 766 g/mol. The number of para-hydroxylation sites is 2. The summed E-state index contributed by atoms with van der Waals surface area (Å²) in [6.45, 7) is 14.3. The van der Waals surface area contributed by atoms with Gasteiger partial charge in [0.1, 0.15) is 0 Å². The zero-order valence-corrected chi connectivity index (χ0v) is 35.1. The molecule has 11 rings (SSSR count). The van der Waals surface area contributed by atoms with Crippen molar-refractivity contribution in [1.29, 1.82) is 0 Å². The largest absolute Gasteiger partial charge is 0.334 e. The summed E-state index contributed by atoms with van der Waals surface area (Å²) < 4.78 is 0. The second-order valence-corrected chi connectivity index (χ2v) is 18.9. The molecule has 59 heavy (non-hydrogen) atoms. The van der Waals surface area contributed by atoms with E-state index in [-0.39, 0.29) is 23.1 Å². The van der Waals surface area contributed by atoms with Gasteiger partial charge in [0.05, 0.1) is 5.54 Å². The average molecular weight is 767 g/mol. The SMILES string of the molecule is Cc1cc2c3c(c1)N(c1ccc(C(C)(C)C)cc1)c1cc(N4c5ccc(-c6cccnc6)cc5C5(C)CCCCC45C)ccc1B3c1ccccc1N2c1ccccc1. The molecule has 0 radical (unpaired) electrons. The van der Waals surface area contributed by atoms with Crippen molar-refractivity contribution in [3.05, 3.63) is 169 Å². The molecule has 7 aromatic rings. The van der Waals surface area contributed by atoms with Crippen LogP contribution in [0.25, 0.3) is 11.1 Å². The quantitative estimate of drug-likeness (QED) is 0.166. The molecule has 0 spiro atoms. The minimum absolute atomic E-state index is 0.000993. The number of aryl methyl sites for hydroxylation is 1. The smallest absolute Gasteiger partial charge is 0.252 e. The van der Waals surface area contributed by atoms with Gasteiger partial charge in [0.2, 0.25) is 0 Å². The topological polar surface area (TPSA) is 22.6 Å². The molecule has 0 N–H and O–H groups in total. The Morgan fingerprint density at radius 3 is 2.00 bits per heavy atom. The lowest BCUT2D eigenvalue weighted by Crippen LogP contribution is -2.61. The molecule has 4 nitrogen and oxygen atoms in total. The number of pyridine rings is 1. The molecule has 1 aromatic heterocycles. The molecule has 1 saturated carbocycles. The Hall–Kier alpha value is -6.07. The number of hydrogen-bond donors (Lipinski definition) is 0. The Labute approximate surface area is 350 Å². The molecule has 5 heteroatoms. The van der Waals surface area contributed by atoms with Gasteiger partial charge in [0.15, 0.2) is 0 Å². The number of benzene rings is 6. The first-order valence-electron chi connectivity index (χ1n) is 21.5. The van der Waals surface area contributed by atoms with E-state index in [4.69, 9.17) is 0 Å². The van der Waals surface area contributed by atoms with Crippen LogP contribution in [0.15, 0.2) is 152 Å². The van der Waals surface area contributed by atoms with Crippen molar-refractivity contribution >= 4 is 68.6 Å². The van der Waals surface area contributed by atoms with Gasteiger partial charge in [-0.2, -0.15) is 0 Å². The fraction of sp³-hybridized carbons (Fsp3) is 0.241. The lowest BCUT2D eigenvalue weighted by Gasteiger charge is -2.50. The van der Waals surface area contributed by atoms with Crippen molar-refractivity contribution in [2.24, 2.45) is 0 Å². The highest BCUT2D eigenvalue weighted by atomic mass is 15.3. The minimum atomic E-state index is -0.0848. The maximum absolute atomic E-state index is 4.48. The van der Waals surface area contributed by atoms with Gasteiger partial charge in [0.25, 0.3) is 6.71 Å². The Morgan fingerprint density at radius 2 is 1.25 bits per heavy atom. The molecule has 4 heterocycles. The van der Waals surface area contributed by atoms with E-state index >= 15 is 0 Å². The van der Waals surface area contributed by atoms with E-state index < -0.39 is 0 Å². The van der Waals surface area contributed by atoms with Crippen LogP contribution < -0.4 is 31.1 Å². The molecular formula is C54H51BN4. The third-order valence-electron chi connectivity index (χ3n) is 14.5. The molecule has 4 aliphatic rings. The minimum Gasteiger partial charge on any atom is -0.334 e. The third kappa shape index (κ3) is 5.26. The van der Waals surface area contributed by atoms with Crippen LogP contribution in [-0.2, 0) is 10.8 Å². The Kier molecular flexibility index (Phi) is 7.92. The van der Waals surface area contributed by atoms with Gasteiger partial charge in [-0.3, -0.25) is 4.98 Å². The number of rotatable bonds is 4. The summed E-state index contributed by atoms with van der Waals surface area (Å²) in [4.78, 5) is 12.3. The van der Waals surface area contributed by atoms with Crippen LogP contribution in [0.5, 0.6) is 0 Å². The summed E-state index contributed by atoms with van der Waals surface area (Å²) in [7, 11) is 0. The predicted octanol–water partition coefficient (Wildman–Crippen LogP) is 12.2. The first-order valence-corrected chi connectivity index (χ1v) is 21.5. The van der Waals surface area contributed by atoms with Crippen LogP contribution in [0.4, 0.5) is 45.5 Å². The molecule has 1 fully saturated rings. The lowest BCUT2D eigenvalue weighted by molar-refractivity contribution is 0.195. The van der Waals surface area contributed by atoms with E-state index in [0.717, 1.165) is 6.42 Å². The zero-order valence-electron chi connectivity index (χ0n) is 35.1. The van der Waals surface area contributed by atoms with Gasteiger partial charge in [-0.1, -0.05) is 107 Å². The van der Waals surface area contributed by atoms with Crippen LogP contribution in [-0.4, -0.2) is 17.2 Å². The summed E-state index contributed by atoms with van der Waals surface area (Å²) in [6.07, 6.45) is 8.66. The van der Waals surface area contributed by atoms with Crippen LogP contribution in [0, 0.1) is 6.92 Å². The number of hydrogen-bond acceptors (Lipinski definition) is 4. The highest BCUT2D eigenvalue weighted by Gasteiger charge is 2.58. The van der Waals surface area contributed by atoms with Gasteiger partial charge in [0, 0.05) is 63.3 Å². The number of aromatic nitrogens is 1. The average Bonchev–Trinajstić information content (AvgIpc) is 3.46. The van der Waals surface area contributed by atoms with E-state index in [1.54, 1.807) is 0 Å². The molecule has 0 amide bonds. The van der Waals surface area contributed by atoms with Crippen LogP contribution in [0.1, 0.15) is 77.0 Å². The fourth-order valence-corrected chi connectivity index (χ4v) is 11.3. The van der Waals surface area contributed by atoms with Crippen LogP contribution >= 0.6 is 0 Å². The third-order valence-corrected chi connectivity index (χ3v) is 14.5. The Balaban J connectivity index is 1.16. The van der Waals surface area contributed by atoms with E-state index in [1.165, 1.54) is 109 Å². The van der Waals surface area contributed by atoms with Crippen LogP contribution in [0.3, 0.4) is 0 Å². The maximum atomic E-state index is 4.48. The van der Waals surface area contributed by atoms with E-state index in [1.807, 2.05) is 18.5 Å². The normalized spacial score (nSPS) is 20.1. The number of fused-ring (bicyclic) bond motifs is 7. The Bertz CT molecular complexity index is 2770. The number of nitrogens with zero attached hydrogens (tertiary/aromatic N) is 4. The summed E-state index contributed by atoms with van der Waals surface area (Å²) >= 11 is 0. The first-order chi connectivity index (χ1) is 28.5. The second-order valence-electron chi connectivity index (χ2n) is 18.9. The van der Waals surface area contributed by atoms with Crippen molar-refractivity contribution < 1.29 is 0 Å². The van der Waals surface area contributed by atoms with Crippen molar-refractivity contribution in [3.63, 3.8) is 0 Å². The van der Waals surface area contributed by atoms with Crippen LogP contribution in [0.2, 0.25) is 0 Å². The molecule has 0 saturated heterocycles. The van der Waals surface area contributed by atoms with E-state index in [2.05, 4.69) is 195 Å². The maximum Gasteiger partial charge on any atom is 0.252 e. The van der Waals surface area contributed by atoms with Crippen molar-refractivity contribution in [2.75, 3.05) is 14.7 Å². The van der Waals surface area contributed by atoms with Gasteiger partial charge in [-0.15, -0.1) is 0 Å². The summed E-state index contributed by atoms with van der Waals surface area (Å²) in [6, 6.07) is 53.1. The second kappa shape index (κ2) is 13.0. The molecule has 2 atom stereocenters. The summed E-state index contributed by atoms with van der Waals surface area (Å²) in [5, 5.41) is 0. The zero-order chi connectivity index (χ0) is 40.3. The predicted molar refractivity (Wildman–Crippen MR) is 250 cm³/mol. The Morgan fingerprint density at radius 1 is 0.576 bits per heavy atom.